The van der Waals surface area contributed by atoms with Crippen molar-refractivity contribution in [1.82, 2.24) is 10.1 Å². The summed E-state index contributed by atoms with van der Waals surface area (Å²) in [4.78, 5) is 15.3. The van der Waals surface area contributed by atoms with Crippen LogP contribution in [0, 0.1) is 0 Å². The summed E-state index contributed by atoms with van der Waals surface area (Å²) in [5.74, 6) is -0.433. The predicted octanol–water partition coefficient (Wildman–Crippen LogP) is 2.53. The molecule has 0 saturated carbocycles. The van der Waals surface area contributed by atoms with E-state index >= 15 is 0 Å². The number of methoxy groups -OCH3 is 1. The maximum Gasteiger partial charge on any atom is 0.336 e. The van der Waals surface area contributed by atoms with E-state index in [2.05, 4.69) is 10.1 Å². The maximum atomic E-state index is 11.1. The molecular weight excluding hydrogens is 248 g/mol. The Morgan fingerprint density at radius 3 is 2.84 bits per heavy atom. The fourth-order valence-electron chi connectivity index (χ4n) is 1.79. The van der Waals surface area contributed by atoms with E-state index in [0.29, 0.717) is 17.8 Å². The van der Waals surface area contributed by atoms with Gasteiger partial charge in [0.25, 0.3) is 5.89 Å². The molecule has 6 nitrogen and oxygen atoms in total. The molecule has 0 spiro atoms. The average Bonchev–Trinajstić information content (AvgIpc) is 2.89. The van der Waals surface area contributed by atoms with E-state index in [1.165, 1.54) is 6.07 Å². The van der Waals surface area contributed by atoms with Crippen LogP contribution >= 0.6 is 0 Å². The Hall–Kier alpha value is -2.21. The fourth-order valence-corrected chi connectivity index (χ4v) is 1.79. The number of carboxylic acids is 1. The Kier molecular flexibility index (Phi) is 3.91. The molecule has 0 aliphatic rings. The van der Waals surface area contributed by atoms with Gasteiger partial charge in [0.1, 0.15) is 6.10 Å². The lowest BCUT2D eigenvalue weighted by molar-refractivity contribution is 0.0697. The fraction of sp³-hybridized carbons (Fsp3) is 0.308. The van der Waals surface area contributed by atoms with E-state index in [4.69, 9.17) is 14.4 Å². The summed E-state index contributed by atoms with van der Waals surface area (Å²) >= 11 is 0. The number of ether oxygens (including phenoxy) is 1. The molecule has 1 aromatic heterocycles. The second kappa shape index (κ2) is 5.62. The van der Waals surface area contributed by atoms with Gasteiger partial charge in [-0.2, -0.15) is 4.98 Å². The standard InChI is InChI=1S/C13H14N2O4/c1-3-10(18-2)11-14-12(19-15-11)8-6-4-5-7-9(8)13(16)17/h4-7,10H,3H2,1-2H3,(H,16,17). The van der Waals surface area contributed by atoms with E-state index in [9.17, 15) is 4.79 Å². The van der Waals surface area contributed by atoms with Crippen molar-refractivity contribution in [3.63, 3.8) is 0 Å². The summed E-state index contributed by atoms with van der Waals surface area (Å²) in [6.45, 7) is 1.94. The molecule has 2 aromatic rings. The number of aromatic nitrogens is 2. The van der Waals surface area contributed by atoms with Crippen molar-refractivity contribution in [3.8, 4) is 11.5 Å². The molecule has 1 heterocycles. The normalized spacial score (nSPS) is 12.3. The Morgan fingerprint density at radius 2 is 2.21 bits per heavy atom. The van der Waals surface area contributed by atoms with Gasteiger partial charge < -0.3 is 14.4 Å². The number of hydrogen-bond donors (Lipinski definition) is 1. The van der Waals surface area contributed by atoms with Crippen molar-refractivity contribution in [2.45, 2.75) is 19.4 Å². The zero-order valence-electron chi connectivity index (χ0n) is 10.7. The highest BCUT2D eigenvalue weighted by molar-refractivity contribution is 5.94. The first-order valence-corrected chi connectivity index (χ1v) is 5.86. The van der Waals surface area contributed by atoms with Gasteiger partial charge in [0, 0.05) is 7.11 Å². The molecule has 100 valence electrons. The number of benzene rings is 1. The van der Waals surface area contributed by atoms with Crippen molar-refractivity contribution in [3.05, 3.63) is 35.7 Å². The largest absolute Gasteiger partial charge is 0.478 e. The Labute approximate surface area is 110 Å². The summed E-state index contributed by atoms with van der Waals surface area (Å²) in [5.41, 5.74) is 0.530. The molecule has 1 N–H and O–H groups in total. The van der Waals surface area contributed by atoms with Gasteiger partial charge >= 0.3 is 5.97 Å². The SMILES string of the molecule is CCC(OC)c1noc(-c2ccccc2C(=O)O)n1. The molecule has 1 aromatic carbocycles. The molecule has 0 amide bonds. The highest BCUT2D eigenvalue weighted by Gasteiger charge is 2.20. The smallest absolute Gasteiger partial charge is 0.336 e. The van der Waals surface area contributed by atoms with Crippen molar-refractivity contribution in [2.75, 3.05) is 7.11 Å². The first kappa shape index (κ1) is 13.2. The monoisotopic (exact) mass is 262 g/mol. The van der Waals surface area contributed by atoms with Crippen LogP contribution in [0.1, 0.15) is 35.6 Å². The van der Waals surface area contributed by atoms with Gasteiger partial charge in [0.15, 0.2) is 0 Å². The number of aromatic carboxylic acids is 1. The Morgan fingerprint density at radius 1 is 1.47 bits per heavy atom. The van der Waals surface area contributed by atoms with Crippen molar-refractivity contribution in [2.24, 2.45) is 0 Å². The van der Waals surface area contributed by atoms with Crippen LogP contribution in [0.15, 0.2) is 28.8 Å². The Bertz CT molecular complexity index is 576. The van der Waals surface area contributed by atoms with Crippen LogP contribution in [0.5, 0.6) is 0 Å². The molecule has 2 rings (SSSR count). The van der Waals surface area contributed by atoms with Crippen molar-refractivity contribution < 1.29 is 19.2 Å². The molecule has 0 radical (unpaired) electrons. The summed E-state index contributed by atoms with van der Waals surface area (Å²) in [6.07, 6.45) is 0.449. The van der Waals surface area contributed by atoms with Crippen LogP contribution in [0.25, 0.3) is 11.5 Å². The molecule has 0 aliphatic carbocycles. The minimum absolute atomic E-state index is 0.128. The minimum atomic E-state index is -1.03. The third kappa shape index (κ3) is 2.63. The van der Waals surface area contributed by atoms with E-state index in [-0.39, 0.29) is 17.6 Å². The van der Waals surface area contributed by atoms with Gasteiger partial charge in [-0.1, -0.05) is 24.2 Å². The molecule has 0 saturated heterocycles. The van der Waals surface area contributed by atoms with Gasteiger partial charge in [0.2, 0.25) is 5.82 Å². The molecule has 0 aliphatic heterocycles. The van der Waals surface area contributed by atoms with Gasteiger partial charge in [-0.05, 0) is 18.6 Å². The number of rotatable bonds is 5. The maximum absolute atomic E-state index is 11.1. The third-order valence-electron chi connectivity index (χ3n) is 2.77. The molecule has 1 unspecified atom stereocenters. The van der Waals surface area contributed by atoms with Crippen molar-refractivity contribution >= 4 is 5.97 Å². The molecule has 6 heteroatoms. The van der Waals surface area contributed by atoms with E-state index in [1.807, 2.05) is 6.92 Å². The number of nitrogens with zero attached hydrogens (tertiary/aromatic N) is 2. The second-order valence-corrected chi connectivity index (χ2v) is 3.94. The highest BCUT2D eigenvalue weighted by Crippen LogP contribution is 2.25. The van der Waals surface area contributed by atoms with Gasteiger partial charge in [0.05, 0.1) is 11.1 Å². The molecule has 19 heavy (non-hydrogen) atoms. The van der Waals surface area contributed by atoms with Crippen LogP contribution < -0.4 is 0 Å². The van der Waals surface area contributed by atoms with Gasteiger partial charge in [-0.25, -0.2) is 4.79 Å². The zero-order chi connectivity index (χ0) is 13.8. The first-order chi connectivity index (χ1) is 9.17. The number of carbonyl (C=O) groups is 1. The highest BCUT2D eigenvalue weighted by atomic mass is 16.5. The first-order valence-electron chi connectivity index (χ1n) is 5.86. The van der Waals surface area contributed by atoms with Crippen LogP contribution in [0.3, 0.4) is 0 Å². The average molecular weight is 262 g/mol. The van der Waals surface area contributed by atoms with Crippen molar-refractivity contribution in [1.29, 1.82) is 0 Å². The zero-order valence-corrected chi connectivity index (χ0v) is 10.7. The lowest BCUT2D eigenvalue weighted by Crippen LogP contribution is -2.02. The lowest BCUT2D eigenvalue weighted by Gasteiger charge is -2.06. The topological polar surface area (TPSA) is 85.5 Å². The predicted molar refractivity (Wildman–Crippen MR) is 66.7 cm³/mol. The summed E-state index contributed by atoms with van der Waals surface area (Å²) in [5, 5.41) is 13.0. The number of hydrogen-bond acceptors (Lipinski definition) is 5. The molecule has 0 bridgehead atoms. The van der Waals surface area contributed by atoms with E-state index < -0.39 is 5.97 Å². The quantitative estimate of drug-likeness (QED) is 0.891. The molecule has 1 atom stereocenters. The minimum Gasteiger partial charge on any atom is -0.478 e. The van der Waals surface area contributed by atoms with Crippen LogP contribution in [-0.2, 0) is 4.74 Å². The second-order valence-electron chi connectivity index (χ2n) is 3.94. The van der Waals surface area contributed by atoms with Gasteiger partial charge in [-0.15, -0.1) is 0 Å². The summed E-state index contributed by atoms with van der Waals surface area (Å²) in [6, 6.07) is 6.50. The Balaban J connectivity index is 2.41. The van der Waals surface area contributed by atoms with Crippen LogP contribution in [0.2, 0.25) is 0 Å². The van der Waals surface area contributed by atoms with Crippen LogP contribution in [0.4, 0.5) is 0 Å². The van der Waals surface area contributed by atoms with Crippen LogP contribution in [-0.4, -0.2) is 28.3 Å². The summed E-state index contributed by atoms with van der Waals surface area (Å²) < 4.78 is 10.3. The lowest BCUT2D eigenvalue weighted by atomic mass is 10.1. The summed E-state index contributed by atoms with van der Waals surface area (Å²) in [7, 11) is 1.56. The molecular formula is C13H14N2O4. The molecule has 0 fully saturated rings. The van der Waals surface area contributed by atoms with E-state index in [1.54, 1.807) is 25.3 Å². The third-order valence-corrected chi connectivity index (χ3v) is 2.77. The van der Waals surface area contributed by atoms with E-state index in [0.717, 1.165) is 0 Å². The van der Waals surface area contributed by atoms with Gasteiger partial charge in [-0.3, -0.25) is 0 Å². The number of carboxylic acid groups (broad SMARTS) is 1.